The molecule has 0 radical (unpaired) electrons. The molecule has 0 unspecified atom stereocenters. The predicted octanol–water partition coefficient (Wildman–Crippen LogP) is 3.94. The molecular weight excluding hydrogens is 378 g/mol. The fraction of sp³-hybridized carbons (Fsp3) is 0.375. The number of hydrogen-bond acceptors (Lipinski definition) is 4. The minimum Gasteiger partial charge on any atom is -0.497 e. The Balaban J connectivity index is 1.51. The van der Waals surface area contributed by atoms with Gasteiger partial charge in [-0.05, 0) is 42.7 Å². The molecule has 2 heterocycles. The van der Waals surface area contributed by atoms with Crippen LogP contribution in [0.4, 0.5) is 0 Å². The Hall–Kier alpha value is -3.15. The number of methoxy groups -OCH3 is 1. The van der Waals surface area contributed by atoms with E-state index in [4.69, 9.17) is 4.74 Å². The highest BCUT2D eigenvalue weighted by atomic mass is 16.5. The number of amides is 1. The third-order valence-corrected chi connectivity index (χ3v) is 5.87. The molecule has 1 amide bonds. The summed E-state index contributed by atoms with van der Waals surface area (Å²) < 4.78 is 6.81. The molecule has 30 heavy (non-hydrogen) atoms. The van der Waals surface area contributed by atoms with E-state index in [-0.39, 0.29) is 23.9 Å². The van der Waals surface area contributed by atoms with E-state index in [9.17, 15) is 9.59 Å². The minimum atomic E-state index is -0.101. The van der Waals surface area contributed by atoms with Crippen molar-refractivity contribution in [3.05, 3.63) is 70.8 Å². The van der Waals surface area contributed by atoms with Gasteiger partial charge in [-0.2, -0.15) is 0 Å². The summed E-state index contributed by atoms with van der Waals surface area (Å²) in [7, 11) is 1.65. The Kier molecular flexibility index (Phi) is 6.12. The molecule has 1 fully saturated rings. The molecule has 2 aromatic carbocycles. The van der Waals surface area contributed by atoms with Crippen molar-refractivity contribution in [3.63, 3.8) is 0 Å². The number of aromatic nitrogens is 2. The Morgan fingerprint density at radius 3 is 2.70 bits per heavy atom. The number of likely N-dealkylation sites (tertiary alicyclic amines) is 1. The molecule has 1 aromatic heterocycles. The Labute approximate surface area is 176 Å². The van der Waals surface area contributed by atoms with E-state index in [0.717, 1.165) is 43.5 Å². The maximum absolute atomic E-state index is 13.2. The van der Waals surface area contributed by atoms with Gasteiger partial charge in [-0.25, -0.2) is 4.98 Å². The van der Waals surface area contributed by atoms with Crippen molar-refractivity contribution in [3.8, 4) is 5.75 Å². The summed E-state index contributed by atoms with van der Waals surface area (Å²) in [5, 5.41) is 0.582. The van der Waals surface area contributed by atoms with E-state index in [0.29, 0.717) is 17.4 Å². The van der Waals surface area contributed by atoms with Gasteiger partial charge in [-0.15, -0.1) is 0 Å². The van der Waals surface area contributed by atoms with E-state index < -0.39 is 0 Å². The molecule has 1 saturated heterocycles. The number of carbonyl (C=O) groups is 1. The molecule has 3 aromatic rings. The maximum atomic E-state index is 13.2. The fourth-order valence-corrected chi connectivity index (χ4v) is 4.20. The lowest BCUT2D eigenvalue weighted by Crippen LogP contribution is -2.36. The average Bonchev–Trinajstić information content (AvgIpc) is 3.05. The molecule has 0 bridgehead atoms. The number of rotatable bonds is 5. The number of aryl methyl sites for hydroxylation is 1. The summed E-state index contributed by atoms with van der Waals surface area (Å²) in [4.78, 5) is 32.2. The standard InChI is InChI=1S/C24H27N3O3/c1-30-19-12-10-18(11-13-19)22-9-3-2-6-15-27(22)23(28)14-16-26-17-25-21-8-5-4-7-20(21)24(26)29/h4-5,7-8,10-13,17,22H,2-3,6,9,14-16H2,1H3/t22-/m0/s1. The highest BCUT2D eigenvalue weighted by Gasteiger charge is 2.26. The molecule has 0 N–H and O–H groups in total. The second kappa shape index (κ2) is 9.11. The van der Waals surface area contributed by atoms with Crippen LogP contribution in [0.2, 0.25) is 0 Å². The van der Waals surface area contributed by atoms with Crippen LogP contribution < -0.4 is 10.3 Å². The Morgan fingerprint density at radius 1 is 1.10 bits per heavy atom. The van der Waals surface area contributed by atoms with Gasteiger partial charge in [-0.3, -0.25) is 14.2 Å². The molecule has 1 atom stereocenters. The summed E-state index contributed by atoms with van der Waals surface area (Å²) in [6.07, 6.45) is 6.03. The number of nitrogens with zero attached hydrogens (tertiary/aromatic N) is 3. The highest BCUT2D eigenvalue weighted by molar-refractivity contribution is 5.78. The highest BCUT2D eigenvalue weighted by Crippen LogP contribution is 2.31. The van der Waals surface area contributed by atoms with Crippen LogP contribution in [0.25, 0.3) is 10.9 Å². The van der Waals surface area contributed by atoms with Crippen molar-refractivity contribution < 1.29 is 9.53 Å². The molecular formula is C24H27N3O3. The van der Waals surface area contributed by atoms with Crippen LogP contribution in [-0.2, 0) is 11.3 Å². The van der Waals surface area contributed by atoms with Gasteiger partial charge in [0.25, 0.3) is 5.56 Å². The molecule has 0 spiro atoms. The van der Waals surface area contributed by atoms with Crippen LogP contribution in [0.5, 0.6) is 5.75 Å². The topological polar surface area (TPSA) is 64.4 Å². The van der Waals surface area contributed by atoms with Crippen molar-refractivity contribution in [2.45, 2.75) is 44.7 Å². The fourth-order valence-electron chi connectivity index (χ4n) is 4.20. The third-order valence-electron chi connectivity index (χ3n) is 5.87. The zero-order valence-electron chi connectivity index (χ0n) is 17.3. The van der Waals surface area contributed by atoms with E-state index in [1.165, 1.54) is 0 Å². The number of carbonyl (C=O) groups excluding carboxylic acids is 1. The molecule has 1 aliphatic rings. The second-order valence-electron chi connectivity index (χ2n) is 7.74. The van der Waals surface area contributed by atoms with Gasteiger partial charge in [0.05, 0.1) is 30.4 Å². The Morgan fingerprint density at radius 2 is 1.90 bits per heavy atom. The minimum absolute atomic E-state index is 0.0670. The molecule has 6 nitrogen and oxygen atoms in total. The van der Waals surface area contributed by atoms with Gasteiger partial charge in [0.1, 0.15) is 5.75 Å². The van der Waals surface area contributed by atoms with Crippen molar-refractivity contribution in [1.29, 1.82) is 0 Å². The summed E-state index contributed by atoms with van der Waals surface area (Å²) >= 11 is 0. The first-order valence-corrected chi connectivity index (χ1v) is 10.5. The van der Waals surface area contributed by atoms with Crippen molar-refractivity contribution >= 4 is 16.8 Å². The maximum Gasteiger partial charge on any atom is 0.261 e. The first-order valence-electron chi connectivity index (χ1n) is 10.5. The SMILES string of the molecule is COc1ccc([C@@H]2CCCCCN2C(=O)CCn2cnc3ccccc3c2=O)cc1. The number of para-hydroxylation sites is 1. The number of fused-ring (bicyclic) bond motifs is 1. The van der Waals surface area contributed by atoms with Gasteiger partial charge >= 0.3 is 0 Å². The first-order chi connectivity index (χ1) is 14.7. The largest absolute Gasteiger partial charge is 0.497 e. The van der Waals surface area contributed by atoms with Crippen molar-refractivity contribution in [2.24, 2.45) is 0 Å². The smallest absolute Gasteiger partial charge is 0.261 e. The van der Waals surface area contributed by atoms with Crippen LogP contribution in [0, 0.1) is 0 Å². The summed E-state index contributed by atoms with van der Waals surface area (Å²) in [6.45, 7) is 1.09. The van der Waals surface area contributed by atoms with Crippen LogP contribution >= 0.6 is 0 Å². The average molecular weight is 405 g/mol. The van der Waals surface area contributed by atoms with Gasteiger partial charge < -0.3 is 9.64 Å². The van der Waals surface area contributed by atoms with E-state index in [1.807, 2.05) is 47.4 Å². The molecule has 0 saturated carbocycles. The first kappa shape index (κ1) is 20.1. The van der Waals surface area contributed by atoms with Crippen molar-refractivity contribution in [2.75, 3.05) is 13.7 Å². The van der Waals surface area contributed by atoms with E-state index in [1.54, 1.807) is 24.1 Å². The van der Waals surface area contributed by atoms with Gasteiger partial charge in [0.2, 0.25) is 5.91 Å². The lowest BCUT2D eigenvalue weighted by Gasteiger charge is -2.31. The molecule has 156 valence electrons. The zero-order chi connectivity index (χ0) is 20.9. The normalized spacial score (nSPS) is 17.0. The predicted molar refractivity (Wildman–Crippen MR) is 117 cm³/mol. The third kappa shape index (κ3) is 4.22. The van der Waals surface area contributed by atoms with Gasteiger partial charge in [0, 0.05) is 19.5 Å². The monoisotopic (exact) mass is 405 g/mol. The Bertz CT molecular complexity index is 1070. The van der Waals surface area contributed by atoms with Crippen molar-refractivity contribution in [1.82, 2.24) is 14.5 Å². The second-order valence-corrected chi connectivity index (χ2v) is 7.74. The van der Waals surface area contributed by atoms with Gasteiger partial charge in [0.15, 0.2) is 0 Å². The van der Waals surface area contributed by atoms with Gasteiger partial charge in [-0.1, -0.05) is 37.1 Å². The van der Waals surface area contributed by atoms with E-state index in [2.05, 4.69) is 4.98 Å². The lowest BCUT2D eigenvalue weighted by molar-refractivity contribution is -0.133. The molecule has 0 aliphatic carbocycles. The summed E-state index contributed by atoms with van der Waals surface area (Å²) in [5.74, 6) is 0.895. The van der Waals surface area contributed by atoms with Crippen LogP contribution in [-0.4, -0.2) is 34.0 Å². The number of hydrogen-bond donors (Lipinski definition) is 0. The molecule has 1 aliphatic heterocycles. The zero-order valence-corrected chi connectivity index (χ0v) is 17.3. The van der Waals surface area contributed by atoms with Crippen LogP contribution in [0.15, 0.2) is 59.7 Å². The van der Waals surface area contributed by atoms with Crippen LogP contribution in [0.3, 0.4) is 0 Å². The summed E-state index contributed by atoms with van der Waals surface area (Å²) in [5.41, 5.74) is 1.71. The lowest BCUT2D eigenvalue weighted by atomic mass is 10.0. The van der Waals surface area contributed by atoms with Crippen LogP contribution in [0.1, 0.15) is 43.7 Å². The number of ether oxygens (including phenoxy) is 1. The number of benzene rings is 2. The molecule has 4 rings (SSSR count). The van der Waals surface area contributed by atoms with E-state index >= 15 is 0 Å². The molecule has 6 heteroatoms. The summed E-state index contributed by atoms with van der Waals surface area (Å²) in [6, 6.07) is 15.4. The quantitative estimate of drug-likeness (QED) is 0.645.